The zero-order valence-corrected chi connectivity index (χ0v) is 14.2. The van der Waals surface area contributed by atoms with Gasteiger partial charge in [0.15, 0.2) is 0 Å². The summed E-state index contributed by atoms with van der Waals surface area (Å²) < 4.78 is 17.0. The van der Waals surface area contributed by atoms with Gasteiger partial charge in [-0.25, -0.2) is 4.79 Å². The van der Waals surface area contributed by atoms with E-state index in [1.54, 1.807) is 24.5 Å². The maximum atomic E-state index is 12.5. The van der Waals surface area contributed by atoms with Crippen LogP contribution in [0.3, 0.4) is 0 Å². The first kappa shape index (κ1) is 17.0. The number of nitrogens with zero attached hydrogens (tertiary/aromatic N) is 1. The van der Waals surface area contributed by atoms with E-state index < -0.39 is 10.8 Å². The fourth-order valence-corrected chi connectivity index (χ4v) is 3.17. The second-order valence-electron chi connectivity index (χ2n) is 5.96. The van der Waals surface area contributed by atoms with Crippen LogP contribution in [0.4, 0.5) is 10.5 Å². The van der Waals surface area contributed by atoms with Crippen LogP contribution < -0.4 is 5.32 Å². The largest absolute Gasteiger partial charge is 0.377 e. The van der Waals surface area contributed by atoms with E-state index in [1.165, 1.54) is 0 Å². The molecule has 1 aromatic carbocycles. The summed E-state index contributed by atoms with van der Waals surface area (Å²) in [7, 11) is -1.06. The molecule has 1 aromatic rings. The molecule has 0 spiro atoms. The first-order chi connectivity index (χ1) is 10.5. The minimum absolute atomic E-state index is 0.109. The van der Waals surface area contributed by atoms with E-state index in [0.717, 1.165) is 6.42 Å². The third kappa shape index (κ3) is 4.55. The quantitative estimate of drug-likeness (QED) is 0.926. The highest BCUT2D eigenvalue weighted by molar-refractivity contribution is 7.84. The molecule has 5 nitrogen and oxygen atoms in total. The van der Waals surface area contributed by atoms with Crippen LogP contribution in [-0.2, 0) is 15.5 Å². The van der Waals surface area contributed by atoms with Crippen molar-refractivity contribution in [2.24, 2.45) is 5.92 Å². The molecule has 2 atom stereocenters. The number of anilines is 1. The van der Waals surface area contributed by atoms with E-state index in [-0.39, 0.29) is 12.1 Å². The molecule has 0 aromatic heterocycles. The maximum absolute atomic E-state index is 12.5. The number of amides is 2. The fourth-order valence-electron chi connectivity index (χ4n) is 2.61. The molecule has 0 saturated carbocycles. The van der Waals surface area contributed by atoms with Crippen molar-refractivity contribution in [2.45, 2.75) is 31.2 Å². The molecule has 1 fully saturated rings. The lowest BCUT2D eigenvalue weighted by atomic mass is 10.0. The minimum atomic E-state index is -1.06. The van der Waals surface area contributed by atoms with Crippen LogP contribution in [0.5, 0.6) is 0 Å². The Morgan fingerprint density at radius 3 is 2.95 bits per heavy atom. The topological polar surface area (TPSA) is 58.6 Å². The van der Waals surface area contributed by atoms with Gasteiger partial charge < -0.3 is 15.0 Å². The lowest BCUT2D eigenvalue weighted by molar-refractivity contribution is 0.00857. The van der Waals surface area contributed by atoms with Gasteiger partial charge in [0, 0.05) is 34.2 Å². The van der Waals surface area contributed by atoms with Gasteiger partial charge in [-0.15, -0.1) is 0 Å². The summed E-state index contributed by atoms with van der Waals surface area (Å²) in [5.41, 5.74) is 0.674. The van der Waals surface area contributed by atoms with Crippen LogP contribution in [0.15, 0.2) is 29.2 Å². The van der Waals surface area contributed by atoms with Crippen LogP contribution in [0, 0.1) is 5.92 Å². The number of carbonyl (C=O) groups excluding carboxylic acids is 1. The van der Waals surface area contributed by atoms with Crippen molar-refractivity contribution in [2.75, 3.05) is 31.3 Å². The maximum Gasteiger partial charge on any atom is 0.322 e. The van der Waals surface area contributed by atoms with Crippen molar-refractivity contribution in [1.29, 1.82) is 0 Å². The average molecular weight is 324 g/mol. The molecule has 6 heteroatoms. The molecule has 1 aliphatic rings. The molecule has 1 heterocycles. The highest BCUT2D eigenvalue weighted by Crippen LogP contribution is 2.18. The van der Waals surface area contributed by atoms with Gasteiger partial charge in [0.1, 0.15) is 0 Å². The Morgan fingerprint density at radius 2 is 2.27 bits per heavy atom. The Balaban J connectivity index is 2.06. The molecule has 122 valence electrons. The summed E-state index contributed by atoms with van der Waals surface area (Å²) in [5.74, 6) is 0.507. The van der Waals surface area contributed by atoms with E-state index in [9.17, 15) is 9.00 Å². The lowest BCUT2D eigenvalue weighted by Gasteiger charge is -2.36. The Bertz CT molecular complexity index is 548. The standard InChI is InChI=1S/C16H24N2O3S/c1-12(2)9-14-11-21-8-7-18(14)16(19)17-13-5-4-6-15(10-13)22(3)20/h4-6,10,12,14H,7-9,11H2,1-3H3,(H,17,19)/t14-,22+/m1/s1. The normalized spacial score (nSPS) is 20.0. The Kier molecular flexibility index (Phi) is 5.97. The van der Waals surface area contributed by atoms with Crippen molar-refractivity contribution >= 4 is 22.5 Å². The smallest absolute Gasteiger partial charge is 0.322 e. The third-order valence-electron chi connectivity index (χ3n) is 3.65. The zero-order chi connectivity index (χ0) is 16.1. The van der Waals surface area contributed by atoms with Crippen molar-refractivity contribution < 1.29 is 13.7 Å². The van der Waals surface area contributed by atoms with E-state index in [2.05, 4.69) is 19.2 Å². The highest BCUT2D eigenvalue weighted by atomic mass is 32.2. The van der Waals surface area contributed by atoms with Crippen LogP contribution in [-0.4, -0.2) is 47.2 Å². The van der Waals surface area contributed by atoms with E-state index in [1.807, 2.05) is 11.0 Å². The van der Waals surface area contributed by atoms with Crippen LogP contribution in [0.1, 0.15) is 20.3 Å². The van der Waals surface area contributed by atoms with Crippen LogP contribution in [0.2, 0.25) is 0 Å². The van der Waals surface area contributed by atoms with Crippen molar-refractivity contribution in [3.05, 3.63) is 24.3 Å². The van der Waals surface area contributed by atoms with Gasteiger partial charge in [-0.1, -0.05) is 19.9 Å². The first-order valence-corrected chi connectivity index (χ1v) is 9.12. The number of carbonyl (C=O) groups is 1. The SMILES string of the molecule is CC(C)C[C@@H]1COCCN1C(=O)Nc1cccc([S@](C)=O)c1. The number of morpholine rings is 1. The van der Waals surface area contributed by atoms with Gasteiger partial charge in [0.25, 0.3) is 0 Å². The molecule has 22 heavy (non-hydrogen) atoms. The molecule has 2 rings (SSSR count). The van der Waals surface area contributed by atoms with E-state index >= 15 is 0 Å². The van der Waals surface area contributed by atoms with Gasteiger partial charge in [0.05, 0.1) is 19.3 Å². The predicted octanol–water partition coefficient (Wildman–Crippen LogP) is 2.70. The molecule has 0 radical (unpaired) electrons. The predicted molar refractivity (Wildman–Crippen MR) is 88.6 cm³/mol. The molecule has 0 bridgehead atoms. The Labute approximate surface area is 134 Å². The molecule has 2 amide bonds. The molecular weight excluding hydrogens is 300 g/mol. The molecule has 0 unspecified atom stereocenters. The van der Waals surface area contributed by atoms with Gasteiger partial charge in [-0.05, 0) is 30.5 Å². The second-order valence-corrected chi connectivity index (χ2v) is 7.34. The summed E-state index contributed by atoms with van der Waals surface area (Å²) in [4.78, 5) is 15.1. The van der Waals surface area contributed by atoms with Gasteiger partial charge >= 0.3 is 6.03 Å². The second kappa shape index (κ2) is 7.74. The third-order valence-corrected chi connectivity index (χ3v) is 4.57. The van der Waals surface area contributed by atoms with Gasteiger partial charge in [-0.2, -0.15) is 0 Å². The summed E-state index contributed by atoms with van der Waals surface area (Å²) in [6.07, 6.45) is 2.55. The number of urea groups is 1. The summed E-state index contributed by atoms with van der Waals surface area (Å²) >= 11 is 0. The van der Waals surface area contributed by atoms with Gasteiger partial charge in [-0.3, -0.25) is 4.21 Å². The molecule has 0 aliphatic carbocycles. The number of ether oxygens (including phenoxy) is 1. The summed E-state index contributed by atoms with van der Waals surface area (Å²) in [6.45, 7) is 6.05. The highest BCUT2D eigenvalue weighted by Gasteiger charge is 2.27. The number of nitrogens with one attached hydrogen (secondary N) is 1. The molecular formula is C16H24N2O3S. The fraction of sp³-hybridized carbons (Fsp3) is 0.562. The molecule has 1 saturated heterocycles. The summed E-state index contributed by atoms with van der Waals surface area (Å²) in [5, 5.41) is 2.91. The Morgan fingerprint density at radius 1 is 1.50 bits per heavy atom. The van der Waals surface area contributed by atoms with Crippen LogP contribution >= 0.6 is 0 Å². The molecule has 1 aliphatic heterocycles. The number of hydrogen-bond acceptors (Lipinski definition) is 3. The summed E-state index contributed by atoms with van der Waals surface area (Å²) in [6, 6.07) is 7.16. The van der Waals surface area contributed by atoms with Crippen molar-refractivity contribution in [3.63, 3.8) is 0 Å². The number of rotatable bonds is 4. The number of hydrogen-bond donors (Lipinski definition) is 1. The van der Waals surface area contributed by atoms with Crippen molar-refractivity contribution in [1.82, 2.24) is 4.90 Å². The van der Waals surface area contributed by atoms with Crippen molar-refractivity contribution in [3.8, 4) is 0 Å². The van der Waals surface area contributed by atoms with E-state index in [4.69, 9.17) is 4.74 Å². The minimum Gasteiger partial charge on any atom is -0.377 e. The Hall–Kier alpha value is -1.40. The van der Waals surface area contributed by atoms with Crippen LogP contribution in [0.25, 0.3) is 0 Å². The van der Waals surface area contributed by atoms with Gasteiger partial charge in [0.2, 0.25) is 0 Å². The average Bonchev–Trinajstić information content (AvgIpc) is 2.47. The molecule has 1 N–H and O–H groups in total. The monoisotopic (exact) mass is 324 g/mol. The zero-order valence-electron chi connectivity index (χ0n) is 13.4. The lowest BCUT2D eigenvalue weighted by Crippen LogP contribution is -2.50. The van der Waals surface area contributed by atoms with E-state index in [0.29, 0.717) is 36.3 Å². The first-order valence-electron chi connectivity index (χ1n) is 7.56. The number of benzene rings is 1.